The summed E-state index contributed by atoms with van der Waals surface area (Å²) in [6, 6.07) is 0. The molecule has 0 heterocycles. The third-order valence-electron chi connectivity index (χ3n) is 17.1. The van der Waals surface area contributed by atoms with E-state index in [0.717, 1.165) is 51.4 Å². The monoisotopic (exact) mass is 1220 g/mol. The molecule has 2 unspecified atom stereocenters. The van der Waals surface area contributed by atoms with Gasteiger partial charge in [-0.05, 0) is 51.4 Å². The first-order valence-corrected chi connectivity index (χ1v) is 37.3. The molecule has 496 valence electrons. The van der Waals surface area contributed by atoms with Crippen LogP contribution >= 0.6 is 0 Å². The van der Waals surface area contributed by atoms with E-state index in [9.17, 15) is 29.4 Å². The fourth-order valence-corrected chi connectivity index (χ4v) is 11.4. The summed E-state index contributed by atoms with van der Waals surface area (Å²) in [4.78, 5) is 47.2. The number of allylic oxidation sites excluding steroid dienone is 4. The average Bonchev–Trinajstić information content (AvgIpc) is 3.55. The predicted octanol–water partition coefficient (Wildman–Crippen LogP) is 22.0. The smallest absolute Gasteiger partial charge is 0.550 e. The Morgan fingerprint density at radius 3 is 0.635 bits per heavy atom. The van der Waals surface area contributed by atoms with Crippen LogP contribution < -0.4 is 10.2 Å². The molecule has 0 spiro atoms. The van der Waals surface area contributed by atoms with Gasteiger partial charge in [0.25, 0.3) is 0 Å². The number of hydrogen-bond donors (Lipinski definition) is 0. The van der Waals surface area contributed by atoms with E-state index in [1.165, 1.54) is 308 Å². The van der Waals surface area contributed by atoms with Crippen LogP contribution in [0.1, 0.15) is 413 Å². The maximum Gasteiger partial charge on any atom is 2.00 e. The Morgan fingerprint density at radius 2 is 0.447 bits per heavy atom. The first-order chi connectivity index (χ1) is 41.2. The molecule has 0 rings (SSSR count). The number of rotatable bonds is 68. The predicted molar refractivity (Wildman–Crippen MR) is 363 cm³/mol. The van der Waals surface area contributed by atoms with Crippen LogP contribution in [0.25, 0.3) is 0 Å². The van der Waals surface area contributed by atoms with Crippen molar-refractivity contribution in [3.8, 4) is 0 Å². The van der Waals surface area contributed by atoms with Gasteiger partial charge in [-0.15, -0.1) is 0 Å². The van der Waals surface area contributed by atoms with Gasteiger partial charge in [0, 0.05) is 24.8 Å². The van der Waals surface area contributed by atoms with Crippen molar-refractivity contribution in [1.82, 2.24) is 0 Å². The van der Waals surface area contributed by atoms with Crippen molar-refractivity contribution in [2.75, 3.05) is 13.2 Å². The minimum Gasteiger partial charge on any atom is -0.550 e. The molecule has 0 amide bonds. The molecule has 0 aliphatic heterocycles. The Labute approximate surface area is 558 Å². The van der Waals surface area contributed by atoms with Crippen molar-refractivity contribution < 1.29 is 38.9 Å². The number of carbonyl (C=O) groups excluding carboxylic acids is 4. The van der Waals surface area contributed by atoms with Crippen LogP contribution in [-0.2, 0) is 28.7 Å². The third-order valence-corrected chi connectivity index (χ3v) is 17.1. The zero-order valence-corrected chi connectivity index (χ0v) is 59.5. The van der Waals surface area contributed by atoms with Crippen molar-refractivity contribution in [1.29, 1.82) is 0 Å². The SMILES string of the molecule is CCCCCCCCCCCCCC=CCC(CC(=O)[O-])C(=O)OCCCCCCCCCCCCCCCCCC.CCCCCCCCCCCCCC=CCC(CC(=O)[O-])C(=O)OCCCCCCCCCCCCCCCCCC.[Ca+2]. The number of ether oxygens (including phenoxy) is 2. The quantitative estimate of drug-likeness (QED) is 0.0254. The normalized spacial score (nSPS) is 12.1. The number of unbranched alkanes of at least 4 members (excludes halogenated alkanes) is 52. The summed E-state index contributed by atoms with van der Waals surface area (Å²) in [5.74, 6) is -4.41. The fourth-order valence-electron chi connectivity index (χ4n) is 11.4. The topological polar surface area (TPSA) is 133 Å². The molecule has 9 heteroatoms. The van der Waals surface area contributed by atoms with Crippen LogP contribution in [0.5, 0.6) is 0 Å². The summed E-state index contributed by atoms with van der Waals surface area (Å²) in [7, 11) is 0. The van der Waals surface area contributed by atoms with Crippen molar-refractivity contribution in [2.24, 2.45) is 11.8 Å². The standard InChI is InChI=1S/2C38H72O4.Ca/c2*1-3-5-7-9-11-13-15-17-19-20-22-24-26-28-30-32-34-42-38(41)36(35-37(39)40)33-31-29-27-25-23-21-18-16-14-12-10-8-6-4-2;/h2*29,31,36H,3-28,30,32-35H2,1-2H3,(H,39,40);/q;;+2/p-2. The van der Waals surface area contributed by atoms with Gasteiger partial charge >= 0.3 is 49.7 Å². The first-order valence-electron chi connectivity index (χ1n) is 37.3. The second-order valence-electron chi connectivity index (χ2n) is 25.6. The minimum atomic E-state index is -1.18. The molecule has 0 aromatic heterocycles. The van der Waals surface area contributed by atoms with Crippen LogP contribution in [-0.4, -0.2) is 74.8 Å². The summed E-state index contributed by atoms with van der Waals surface area (Å²) >= 11 is 0. The summed E-state index contributed by atoms with van der Waals surface area (Å²) in [6.07, 6.45) is 81.5. The molecule has 0 aliphatic rings. The van der Waals surface area contributed by atoms with Gasteiger partial charge < -0.3 is 29.3 Å². The Morgan fingerprint density at radius 1 is 0.271 bits per heavy atom. The van der Waals surface area contributed by atoms with Crippen LogP contribution in [0, 0.1) is 11.8 Å². The largest absolute Gasteiger partial charge is 2.00 e. The van der Waals surface area contributed by atoms with E-state index >= 15 is 0 Å². The molecular formula is C76H142CaO8. The van der Waals surface area contributed by atoms with E-state index in [2.05, 4.69) is 39.8 Å². The van der Waals surface area contributed by atoms with Crippen molar-refractivity contribution in [3.05, 3.63) is 24.3 Å². The molecule has 0 aliphatic carbocycles. The Kier molecular flexibility index (Phi) is 79.4. The zero-order valence-electron chi connectivity index (χ0n) is 57.3. The Bertz CT molecular complexity index is 1310. The van der Waals surface area contributed by atoms with E-state index in [-0.39, 0.29) is 62.5 Å². The van der Waals surface area contributed by atoms with Gasteiger partial charge in [0.1, 0.15) is 0 Å². The molecular weight excluding hydrogens is 1080 g/mol. The van der Waals surface area contributed by atoms with Gasteiger partial charge in [0.15, 0.2) is 0 Å². The van der Waals surface area contributed by atoms with E-state index < -0.39 is 23.8 Å². The molecule has 8 nitrogen and oxygen atoms in total. The summed E-state index contributed by atoms with van der Waals surface area (Å²) in [6.45, 7) is 9.86. The van der Waals surface area contributed by atoms with Crippen LogP contribution in [0.3, 0.4) is 0 Å². The van der Waals surface area contributed by atoms with E-state index in [4.69, 9.17) is 9.47 Å². The van der Waals surface area contributed by atoms with Gasteiger partial charge in [-0.3, -0.25) is 9.59 Å². The van der Waals surface area contributed by atoms with Crippen molar-refractivity contribution >= 4 is 61.6 Å². The maximum absolute atomic E-state index is 12.5. The molecule has 0 aromatic carbocycles. The Hall–Kier alpha value is -1.38. The molecule has 0 fully saturated rings. The number of carboxylic acid groups (broad SMARTS) is 2. The second kappa shape index (κ2) is 76.9. The third kappa shape index (κ3) is 75.0. The first kappa shape index (κ1) is 87.8. The summed E-state index contributed by atoms with van der Waals surface area (Å²) < 4.78 is 10.9. The van der Waals surface area contributed by atoms with E-state index in [1.54, 1.807) is 0 Å². The molecule has 0 aromatic rings. The minimum absolute atomic E-state index is 0. The van der Waals surface area contributed by atoms with Gasteiger partial charge in [0.05, 0.1) is 25.0 Å². The summed E-state index contributed by atoms with van der Waals surface area (Å²) in [5, 5.41) is 22.3. The number of esters is 2. The Balaban J connectivity index is -0.00000156. The average molecular weight is 1220 g/mol. The van der Waals surface area contributed by atoms with E-state index in [0.29, 0.717) is 26.1 Å². The fraction of sp³-hybridized carbons (Fsp3) is 0.895. The zero-order chi connectivity index (χ0) is 61.5. The maximum atomic E-state index is 12.5. The van der Waals surface area contributed by atoms with Crippen molar-refractivity contribution in [3.63, 3.8) is 0 Å². The molecule has 0 bridgehead atoms. The van der Waals surface area contributed by atoms with E-state index in [1.807, 2.05) is 12.2 Å². The number of hydrogen-bond acceptors (Lipinski definition) is 8. The molecule has 85 heavy (non-hydrogen) atoms. The number of carboxylic acids is 2. The molecule has 0 N–H and O–H groups in total. The van der Waals surface area contributed by atoms with Gasteiger partial charge in [0.2, 0.25) is 0 Å². The molecule has 0 saturated carbocycles. The molecule has 0 saturated heterocycles. The molecule has 0 radical (unpaired) electrons. The second-order valence-corrected chi connectivity index (χ2v) is 25.6. The number of aliphatic carboxylic acids is 2. The molecule has 2 atom stereocenters. The summed E-state index contributed by atoms with van der Waals surface area (Å²) in [5.41, 5.74) is 0. The van der Waals surface area contributed by atoms with Gasteiger partial charge in [-0.25, -0.2) is 0 Å². The van der Waals surface area contributed by atoms with Gasteiger partial charge in [-0.1, -0.05) is 373 Å². The van der Waals surface area contributed by atoms with Crippen molar-refractivity contribution in [2.45, 2.75) is 413 Å². The van der Waals surface area contributed by atoms with Gasteiger partial charge in [-0.2, -0.15) is 0 Å². The number of carbonyl (C=O) groups is 4. The van der Waals surface area contributed by atoms with Crippen LogP contribution in [0.15, 0.2) is 24.3 Å². The van der Waals surface area contributed by atoms with Crippen LogP contribution in [0.4, 0.5) is 0 Å². The van der Waals surface area contributed by atoms with Crippen LogP contribution in [0.2, 0.25) is 0 Å².